The van der Waals surface area contributed by atoms with Gasteiger partial charge < -0.3 is 4.74 Å². The van der Waals surface area contributed by atoms with Crippen LogP contribution in [0, 0.1) is 25.5 Å². The molecule has 4 aromatic carbocycles. The smallest absolute Gasteiger partial charge is 0.317 e. The molecule has 2 N–H and O–H groups in total. The monoisotopic (exact) mass is 673 g/mol. The number of nitrogens with zero attached hydrogens (tertiary/aromatic N) is 4. The van der Waals surface area contributed by atoms with Gasteiger partial charge in [0.05, 0.1) is 13.0 Å². The Bertz CT molecular complexity index is 1910. The van der Waals surface area contributed by atoms with Crippen molar-refractivity contribution in [2.24, 2.45) is 0 Å². The minimum Gasteiger partial charge on any atom is -0.468 e. The number of methoxy groups -OCH3 is 1. The van der Waals surface area contributed by atoms with Gasteiger partial charge in [0.2, 0.25) is 0 Å². The lowest BCUT2D eigenvalue weighted by Gasteiger charge is -2.17. The molecule has 9 nitrogen and oxygen atoms in total. The van der Waals surface area contributed by atoms with Gasteiger partial charge in [0.15, 0.2) is 0 Å². The normalized spacial score (nSPS) is 11.8. The zero-order valence-corrected chi connectivity index (χ0v) is 27.4. The maximum Gasteiger partial charge on any atom is 0.317 e. The number of hydrogen-bond acceptors (Lipinski definition) is 8. The summed E-state index contributed by atoms with van der Waals surface area (Å²) in [6.45, 7) is 3.63. The molecule has 2 heterocycles. The highest BCUT2D eigenvalue weighted by molar-refractivity contribution is 5.86. The van der Waals surface area contributed by atoms with Gasteiger partial charge in [-0.1, -0.05) is 84.9 Å². The van der Waals surface area contributed by atoms with E-state index in [1.807, 2.05) is 31.2 Å². The first kappa shape index (κ1) is 35.1. The summed E-state index contributed by atoms with van der Waals surface area (Å²) in [4.78, 5) is 41.0. The quantitative estimate of drug-likeness (QED) is 0.0993. The van der Waals surface area contributed by atoms with Crippen molar-refractivity contribution in [3.8, 4) is 22.3 Å². The Morgan fingerprint density at radius 3 is 1.36 bits per heavy atom. The van der Waals surface area contributed by atoms with E-state index in [1.54, 1.807) is 91.8 Å². The molecule has 0 aliphatic carbocycles. The van der Waals surface area contributed by atoms with Crippen LogP contribution in [0.4, 0.5) is 8.78 Å². The summed E-state index contributed by atoms with van der Waals surface area (Å²) >= 11 is 0. The predicted molar refractivity (Wildman–Crippen MR) is 183 cm³/mol. The van der Waals surface area contributed by atoms with E-state index in [-0.39, 0.29) is 5.56 Å². The van der Waals surface area contributed by atoms with Gasteiger partial charge in [-0.05, 0) is 48.2 Å². The Labute approximate surface area is 287 Å². The van der Waals surface area contributed by atoms with Gasteiger partial charge in [-0.3, -0.25) is 14.8 Å². The topological polar surface area (TPSA) is 127 Å². The number of nitrogens with one attached hydrogen (secondary N) is 1. The Morgan fingerprint density at radius 1 is 0.600 bits per heavy atom. The van der Waals surface area contributed by atoms with Crippen LogP contribution in [-0.4, -0.2) is 44.1 Å². The number of benzene rings is 4. The first-order valence-electron chi connectivity index (χ1n) is 15.5. The maximum absolute atomic E-state index is 14.2. The van der Waals surface area contributed by atoms with E-state index >= 15 is 0 Å². The van der Waals surface area contributed by atoms with Crippen LogP contribution in [0.5, 0.6) is 0 Å². The van der Waals surface area contributed by atoms with Crippen LogP contribution in [0.2, 0.25) is 0 Å². The van der Waals surface area contributed by atoms with Crippen LogP contribution in [0.3, 0.4) is 0 Å². The van der Waals surface area contributed by atoms with Crippen LogP contribution in [0.1, 0.15) is 45.7 Å². The summed E-state index contributed by atoms with van der Waals surface area (Å²) in [5.41, 5.74) is 6.83. The molecular weight excluding hydrogens is 640 g/mol. The number of carbonyl (C=O) groups is 2. The third kappa shape index (κ3) is 8.26. The van der Waals surface area contributed by atoms with Crippen LogP contribution in [0.25, 0.3) is 22.3 Å². The summed E-state index contributed by atoms with van der Waals surface area (Å²) in [5.74, 6) is -2.52. The van der Waals surface area contributed by atoms with Crippen molar-refractivity contribution >= 4 is 11.9 Å². The molecule has 0 radical (unpaired) electrons. The molecule has 0 fully saturated rings. The number of halogens is 2. The summed E-state index contributed by atoms with van der Waals surface area (Å²) in [6, 6.07) is 26.6. The molecule has 2 unspecified atom stereocenters. The zero-order chi connectivity index (χ0) is 35.6. The van der Waals surface area contributed by atoms with Crippen LogP contribution < -0.4 is 5.48 Å². The average molecular weight is 674 g/mol. The van der Waals surface area contributed by atoms with Crippen molar-refractivity contribution in [2.75, 3.05) is 7.11 Å². The lowest BCUT2D eigenvalue weighted by atomic mass is 9.89. The fourth-order valence-electron chi connectivity index (χ4n) is 5.33. The number of rotatable bonds is 8. The minimum atomic E-state index is -0.950. The number of hydrogen-bond donors (Lipinski definition) is 2. The van der Waals surface area contributed by atoms with Crippen molar-refractivity contribution in [1.82, 2.24) is 25.4 Å². The Kier molecular flexibility index (Phi) is 11.4. The third-order valence-electron chi connectivity index (χ3n) is 7.96. The lowest BCUT2D eigenvalue weighted by molar-refractivity contribution is -0.141. The van der Waals surface area contributed by atoms with Gasteiger partial charge in [-0.15, -0.1) is 0 Å². The van der Waals surface area contributed by atoms with Crippen LogP contribution in [-0.2, 0) is 14.3 Å². The molecule has 50 heavy (non-hydrogen) atoms. The standard InChI is InChI=1S/C20H17FN2O2.C19H16FN3O2/c1-13-22-11-16(12-23-13)14-7-9-15(10-8-14)19(20(24)25-2)17-5-3-4-6-18(17)21;1-12-21-10-15(11-22-12)13-6-8-14(9-7-13)18(19(24)23-25)16-4-2-3-5-17(16)20/h3-12,19H,1-2H3;2-11,18,25H,1H3,(H,23,24). The van der Waals surface area contributed by atoms with E-state index in [1.165, 1.54) is 25.3 Å². The average Bonchev–Trinajstić information content (AvgIpc) is 3.15. The third-order valence-corrected chi connectivity index (χ3v) is 7.96. The first-order chi connectivity index (χ1) is 24.2. The molecule has 2 aromatic heterocycles. The number of amides is 1. The Hall–Kier alpha value is -6.20. The maximum atomic E-state index is 14.2. The summed E-state index contributed by atoms with van der Waals surface area (Å²) < 4.78 is 33.2. The molecule has 11 heteroatoms. The van der Waals surface area contributed by atoms with Gasteiger partial charge in [-0.25, -0.2) is 34.2 Å². The fourth-order valence-corrected chi connectivity index (χ4v) is 5.33. The number of esters is 1. The number of hydroxylamine groups is 1. The molecule has 0 saturated carbocycles. The molecule has 0 aliphatic rings. The van der Waals surface area contributed by atoms with Crippen molar-refractivity contribution < 1.29 is 28.3 Å². The van der Waals surface area contributed by atoms with E-state index < -0.39 is 35.3 Å². The molecule has 0 bridgehead atoms. The second-order valence-corrected chi connectivity index (χ2v) is 11.2. The Balaban J connectivity index is 0.000000194. The minimum absolute atomic E-state index is 0.195. The number of aromatic nitrogens is 4. The van der Waals surface area contributed by atoms with Crippen LogP contribution >= 0.6 is 0 Å². The second-order valence-electron chi connectivity index (χ2n) is 11.2. The molecule has 0 spiro atoms. The van der Waals surface area contributed by atoms with Gasteiger partial charge in [0, 0.05) is 47.0 Å². The fraction of sp³-hybridized carbons (Fsp3) is 0.128. The van der Waals surface area contributed by atoms with Gasteiger partial charge >= 0.3 is 5.97 Å². The number of aryl methyl sites for hydroxylation is 2. The molecule has 0 aliphatic heterocycles. The van der Waals surface area contributed by atoms with Crippen molar-refractivity contribution in [1.29, 1.82) is 0 Å². The molecule has 2 atom stereocenters. The number of carbonyl (C=O) groups excluding carboxylic acids is 2. The largest absolute Gasteiger partial charge is 0.468 e. The van der Waals surface area contributed by atoms with E-state index in [0.717, 1.165) is 22.3 Å². The lowest BCUT2D eigenvalue weighted by Crippen LogP contribution is -2.27. The van der Waals surface area contributed by atoms with E-state index in [2.05, 4.69) is 19.9 Å². The van der Waals surface area contributed by atoms with Crippen molar-refractivity contribution in [3.05, 3.63) is 167 Å². The van der Waals surface area contributed by atoms with Crippen molar-refractivity contribution in [3.63, 3.8) is 0 Å². The zero-order valence-electron chi connectivity index (χ0n) is 27.4. The van der Waals surface area contributed by atoms with Gasteiger partial charge in [0.1, 0.15) is 29.2 Å². The summed E-state index contributed by atoms with van der Waals surface area (Å²) in [7, 11) is 1.30. The van der Waals surface area contributed by atoms with E-state index in [4.69, 9.17) is 9.94 Å². The highest BCUT2D eigenvalue weighted by atomic mass is 19.1. The van der Waals surface area contributed by atoms with Crippen molar-refractivity contribution in [2.45, 2.75) is 25.7 Å². The van der Waals surface area contributed by atoms with E-state index in [0.29, 0.717) is 28.3 Å². The highest BCUT2D eigenvalue weighted by Gasteiger charge is 2.27. The highest BCUT2D eigenvalue weighted by Crippen LogP contribution is 2.31. The molecule has 252 valence electrons. The predicted octanol–water partition coefficient (Wildman–Crippen LogP) is 7.12. The molecule has 0 saturated heterocycles. The summed E-state index contributed by atoms with van der Waals surface area (Å²) in [5, 5.41) is 9.04. The number of ether oxygens (including phenoxy) is 1. The molecular formula is C39H33F2N5O4. The Morgan fingerprint density at radius 2 is 0.980 bits per heavy atom. The second kappa shape index (κ2) is 16.3. The van der Waals surface area contributed by atoms with Gasteiger partial charge in [-0.2, -0.15) is 0 Å². The SMILES string of the molecule is COC(=O)C(c1ccc(-c2cnc(C)nc2)cc1)c1ccccc1F.Cc1ncc(-c2ccc(C(C(=O)NO)c3ccccc3F)cc2)cn1. The summed E-state index contributed by atoms with van der Waals surface area (Å²) in [6.07, 6.45) is 6.91. The molecule has 6 aromatic rings. The first-order valence-corrected chi connectivity index (χ1v) is 15.5. The van der Waals surface area contributed by atoms with Gasteiger partial charge in [0.25, 0.3) is 5.91 Å². The van der Waals surface area contributed by atoms with Crippen LogP contribution in [0.15, 0.2) is 122 Å². The molecule has 1 amide bonds. The van der Waals surface area contributed by atoms with E-state index in [9.17, 15) is 18.4 Å². The molecule has 6 rings (SSSR count).